The molecule has 0 radical (unpaired) electrons. The summed E-state index contributed by atoms with van der Waals surface area (Å²) in [5.74, 6) is 0.587. The van der Waals surface area contributed by atoms with E-state index in [2.05, 4.69) is 4.99 Å². The number of amides is 3. The number of urea groups is 1. The number of carbonyl (C=O) groups is 2. The highest BCUT2D eigenvalue weighted by Crippen LogP contribution is 2.33. The van der Waals surface area contributed by atoms with Crippen molar-refractivity contribution in [1.82, 2.24) is 9.80 Å². The fourth-order valence-electron chi connectivity index (χ4n) is 3.96. The molecule has 0 bridgehead atoms. The number of carbonyl (C=O) groups excluding carboxylic acids is 2. The molecule has 1 aromatic rings. The molecule has 0 saturated carbocycles. The van der Waals surface area contributed by atoms with Gasteiger partial charge in [-0.2, -0.15) is 0 Å². The number of aliphatic imine (C=N–C) groups is 1. The van der Waals surface area contributed by atoms with Gasteiger partial charge in [0, 0.05) is 36.8 Å². The minimum absolute atomic E-state index is 0.0164. The van der Waals surface area contributed by atoms with Crippen molar-refractivity contribution in [2.75, 3.05) is 37.6 Å². The zero-order valence-electron chi connectivity index (χ0n) is 15.5. The van der Waals surface area contributed by atoms with Gasteiger partial charge in [0.05, 0.1) is 17.9 Å². The van der Waals surface area contributed by atoms with Crippen LogP contribution < -0.4 is 4.90 Å². The molecule has 4 rings (SSSR count). The fraction of sp³-hybridized carbons (Fsp3) is 0.526. The van der Waals surface area contributed by atoms with E-state index < -0.39 is 0 Å². The molecule has 7 nitrogen and oxygen atoms in total. The molecule has 8 heteroatoms. The highest BCUT2D eigenvalue weighted by atomic mass is 35.5. The summed E-state index contributed by atoms with van der Waals surface area (Å²) in [5, 5.41) is 0.525. The first-order valence-electron chi connectivity index (χ1n) is 9.30. The highest BCUT2D eigenvalue weighted by molar-refractivity contribution is 6.31. The van der Waals surface area contributed by atoms with Crippen LogP contribution in [0.25, 0.3) is 0 Å². The van der Waals surface area contributed by atoms with Crippen molar-refractivity contribution in [3.63, 3.8) is 0 Å². The van der Waals surface area contributed by atoms with Gasteiger partial charge in [0.1, 0.15) is 12.4 Å². The molecule has 0 N–H and O–H groups in total. The van der Waals surface area contributed by atoms with Crippen molar-refractivity contribution < 1.29 is 14.3 Å². The smallest absolute Gasteiger partial charge is 0.330 e. The Morgan fingerprint density at radius 3 is 2.78 bits per heavy atom. The number of nitrogens with zero attached hydrogens (tertiary/aromatic N) is 4. The van der Waals surface area contributed by atoms with Gasteiger partial charge in [-0.3, -0.25) is 19.6 Å². The number of halogens is 1. The maximum Gasteiger partial charge on any atom is 0.330 e. The molecule has 1 saturated heterocycles. The van der Waals surface area contributed by atoms with Crippen molar-refractivity contribution >= 4 is 35.1 Å². The predicted octanol–water partition coefficient (Wildman–Crippen LogP) is 2.37. The van der Waals surface area contributed by atoms with E-state index in [9.17, 15) is 9.59 Å². The number of ether oxygens (including phenoxy) is 1. The first-order valence-corrected chi connectivity index (χ1v) is 9.68. The Bertz CT molecular complexity index is 802. The van der Waals surface area contributed by atoms with Gasteiger partial charge in [-0.05, 0) is 38.5 Å². The Labute approximate surface area is 163 Å². The molecule has 0 spiro atoms. The summed E-state index contributed by atoms with van der Waals surface area (Å²) in [5.41, 5.74) is 1.49. The topological polar surface area (TPSA) is 65.5 Å². The maximum atomic E-state index is 13.1. The third-order valence-corrected chi connectivity index (χ3v) is 5.31. The summed E-state index contributed by atoms with van der Waals surface area (Å²) < 4.78 is 5.70. The van der Waals surface area contributed by atoms with Gasteiger partial charge < -0.3 is 9.64 Å². The normalized spacial score (nSPS) is 25.1. The van der Waals surface area contributed by atoms with Crippen LogP contribution in [0.2, 0.25) is 5.02 Å². The number of amidine groups is 1. The van der Waals surface area contributed by atoms with E-state index in [-0.39, 0.29) is 30.7 Å². The monoisotopic (exact) mass is 390 g/mol. The highest BCUT2D eigenvalue weighted by Gasteiger charge is 2.38. The molecular formula is C19H23ClN4O3. The number of fused-ring (bicyclic) bond motifs is 3. The Hall–Kier alpha value is -2.12. The molecule has 2 atom stereocenters. The lowest BCUT2D eigenvalue weighted by molar-refractivity contribution is -0.141. The molecule has 0 aromatic heterocycles. The number of anilines is 1. The van der Waals surface area contributed by atoms with Crippen LogP contribution in [-0.2, 0) is 9.53 Å². The summed E-state index contributed by atoms with van der Waals surface area (Å²) in [4.78, 5) is 35.6. The predicted molar refractivity (Wildman–Crippen MR) is 104 cm³/mol. The SMILES string of the molecule is CC1CN(C(=O)CN2C(=O)N3CCCN=C3c3ccc(Cl)cc32)CC(C)O1. The Kier molecular flexibility index (Phi) is 4.82. The zero-order chi connectivity index (χ0) is 19.1. The summed E-state index contributed by atoms with van der Waals surface area (Å²) >= 11 is 6.18. The molecule has 1 aromatic carbocycles. The van der Waals surface area contributed by atoms with E-state index in [1.807, 2.05) is 19.9 Å². The molecule has 3 amide bonds. The van der Waals surface area contributed by atoms with Crippen LogP contribution in [0.4, 0.5) is 10.5 Å². The molecule has 0 aliphatic carbocycles. The summed E-state index contributed by atoms with van der Waals surface area (Å²) in [6, 6.07) is 5.18. The number of hydrogen-bond donors (Lipinski definition) is 0. The maximum absolute atomic E-state index is 13.1. The fourth-order valence-corrected chi connectivity index (χ4v) is 4.12. The average Bonchev–Trinajstić information content (AvgIpc) is 2.64. The van der Waals surface area contributed by atoms with Gasteiger partial charge in [-0.1, -0.05) is 11.6 Å². The van der Waals surface area contributed by atoms with E-state index in [0.29, 0.717) is 42.7 Å². The quantitative estimate of drug-likeness (QED) is 0.778. The molecule has 3 heterocycles. The van der Waals surface area contributed by atoms with Crippen molar-refractivity contribution in [2.45, 2.75) is 32.5 Å². The summed E-state index contributed by atoms with van der Waals surface area (Å²) in [6.45, 7) is 6.25. The van der Waals surface area contributed by atoms with Crippen LogP contribution in [0.15, 0.2) is 23.2 Å². The van der Waals surface area contributed by atoms with Crippen LogP contribution in [0.5, 0.6) is 0 Å². The van der Waals surface area contributed by atoms with Crippen molar-refractivity contribution in [2.24, 2.45) is 4.99 Å². The first kappa shape index (κ1) is 18.3. The van der Waals surface area contributed by atoms with Crippen molar-refractivity contribution in [3.8, 4) is 0 Å². The summed E-state index contributed by atoms with van der Waals surface area (Å²) in [7, 11) is 0. The second-order valence-corrected chi connectivity index (χ2v) is 7.73. The first-order chi connectivity index (χ1) is 12.9. The molecule has 3 aliphatic rings. The van der Waals surface area contributed by atoms with Gasteiger partial charge in [0.25, 0.3) is 0 Å². The molecule has 144 valence electrons. The van der Waals surface area contributed by atoms with Crippen LogP contribution >= 0.6 is 11.6 Å². The standard InChI is InChI=1S/C19H23ClN4O3/c1-12-9-22(10-13(2)27-12)17(25)11-24-16-8-14(20)4-5-15(16)18-21-6-3-7-23(18)19(24)26/h4-5,8,12-13H,3,6-7,9-11H2,1-2H3. The average molecular weight is 391 g/mol. The lowest BCUT2D eigenvalue weighted by Crippen LogP contribution is -2.57. The minimum atomic E-state index is -0.217. The third-order valence-electron chi connectivity index (χ3n) is 5.08. The lowest BCUT2D eigenvalue weighted by atomic mass is 10.1. The van der Waals surface area contributed by atoms with Gasteiger partial charge in [-0.15, -0.1) is 0 Å². The zero-order valence-corrected chi connectivity index (χ0v) is 16.3. The van der Waals surface area contributed by atoms with E-state index in [1.165, 1.54) is 4.90 Å². The summed E-state index contributed by atoms with van der Waals surface area (Å²) in [6.07, 6.45) is 0.785. The van der Waals surface area contributed by atoms with E-state index in [4.69, 9.17) is 16.3 Å². The van der Waals surface area contributed by atoms with Crippen LogP contribution in [-0.4, -0.2) is 72.5 Å². The molecular weight excluding hydrogens is 368 g/mol. The lowest BCUT2D eigenvalue weighted by Gasteiger charge is -2.41. The molecule has 1 fully saturated rings. The molecule has 2 unspecified atom stereocenters. The van der Waals surface area contributed by atoms with Crippen LogP contribution in [0.3, 0.4) is 0 Å². The number of hydrogen-bond acceptors (Lipinski definition) is 4. The van der Waals surface area contributed by atoms with Crippen LogP contribution in [0.1, 0.15) is 25.8 Å². The molecule has 3 aliphatic heterocycles. The van der Waals surface area contributed by atoms with Gasteiger partial charge in [-0.25, -0.2) is 4.79 Å². The Balaban J connectivity index is 1.64. The number of rotatable bonds is 2. The van der Waals surface area contributed by atoms with E-state index in [1.54, 1.807) is 21.9 Å². The van der Waals surface area contributed by atoms with Gasteiger partial charge in [0.15, 0.2) is 0 Å². The van der Waals surface area contributed by atoms with Crippen molar-refractivity contribution in [3.05, 3.63) is 28.8 Å². The van der Waals surface area contributed by atoms with Gasteiger partial charge >= 0.3 is 6.03 Å². The number of benzene rings is 1. The minimum Gasteiger partial charge on any atom is -0.372 e. The van der Waals surface area contributed by atoms with Crippen LogP contribution in [0, 0.1) is 0 Å². The number of morpholine rings is 1. The Morgan fingerprint density at radius 1 is 1.30 bits per heavy atom. The molecule has 27 heavy (non-hydrogen) atoms. The third kappa shape index (κ3) is 3.41. The van der Waals surface area contributed by atoms with E-state index >= 15 is 0 Å². The van der Waals surface area contributed by atoms with E-state index in [0.717, 1.165) is 12.0 Å². The second kappa shape index (κ2) is 7.13. The largest absolute Gasteiger partial charge is 0.372 e. The second-order valence-electron chi connectivity index (χ2n) is 7.30. The van der Waals surface area contributed by atoms with Crippen molar-refractivity contribution in [1.29, 1.82) is 0 Å². The Morgan fingerprint density at radius 2 is 2.04 bits per heavy atom. The van der Waals surface area contributed by atoms with Gasteiger partial charge in [0.2, 0.25) is 5.91 Å².